The van der Waals surface area contributed by atoms with Crippen LogP contribution in [0.3, 0.4) is 0 Å². The molecule has 0 spiro atoms. The van der Waals surface area contributed by atoms with Crippen LogP contribution in [-0.4, -0.2) is 121 Å². The highest BCUT2D eigenvalue weighted by Crippen LogP contribution is 2.35. The van der Waals surface area contributed by atoms with Gasteiger partial charge in [0.1, 0.15) is 30.0 Å². The Labute approximate surface area is 583 Å². The third-order valence-electron chi connectivity index (χ3n) is 15.8. The zero-order valence-electron chi connectivity index (χ0n) is 60.2. The van der Waals surface area contributed by atoms with Crippen molar-refractivity contribution < 1.29 is 58.2 Å². The normalized spacial score (nSPS) is 16.3. The maximum atomic E-state index is 12.4. The highest BCUT2D eigenvalue weighted by atomic mass is 32.2. The van der Waals surface area contributed by atoms with Crippen LogP contribution >= 0.6 is 35.3 Å². The van der Waals surface area contributed by atoms with E-state index in [1.807, 2.05) is 0 Å². The van der Waals surface area contributed by atoms with Crippen molar-refractivity contribution in [3.8, 4) is 0 Å². The van der Waals surface area contributed by atoms with Crippen molar-refractivity contribution in [2.45, 2.75) is 244 Å². The van der Waals surface area contributed by atoms with Crippen molar-refractivity contribution in [3.05, 3.63) is 139 Å². The maximum absolute atomic E-state index is 12.4. The number of thioether (sulfide) groups is 3. The Hall–Kier alpha value is -5.99. The van der Waals surface area contributed by atoms with Gasteiger partial charge in [0.05, 0.1) is 12.7 Å². The number of carbonyl (C=O) groups excluding carboxylic acids is 3. The second kappa shape index (κ2) is 54.1. The van der Waals surface area contributed by atoms with Gasteiger partial charge in [-0.05, 0) is 209 Å². The molecule has 95 heavy (non-hydrogen) atoms. The van der Waals surface area contributed by atoms with Gasteiger partial charge in [-0.2, -0.15) is 35.3 Å². The van der Waals surface area contributed by atoms with Crippen molar-refractivity contribution in [1.82, 2.24) is 16.0 Å². The lowest BCUT2D eigenvalue weighted by atomic mass is 9.76. The number of nitrogens with one attached hydrogen (secondary N) is 3. The van der Waals surface area contributed by atoms with E-state index < -0.39 is 59.5 Å². The molecule has 2 unspecified atom stereocenters. The first-order valence-electron chi connectivity index (χ1n) is 33.8. The summed E-state index contributed by atoms with van der Waals surface area (Å²) in [5, 5.41) is 45.9. The van der Waals surface area contributed by atoms with Gasteiger partial charge in [-0.3, -0.25) is 19.7 Å². The Morgan fingerprint density at radius 1 is 0.547 bits per heavy atom. The zero-order valence-corrected chi connectivity index (χ0v) is 62.7. The molecular weight excluding hydrogens is 1260 g/mol. The molecule has 0 bridgehead atoms. The molecule has 1 aromatic rings. The van der Waals surface area contributed by atoms with Gasteiger partial charge in [-0.15, -0.1) is 0 Å². The average molecular weight is 1380 g/mol. The minimum absolute atomic E-state index is 0.145. The Bertz CT molecular complexity index is 2730. The summed E-state index contributed by atoms with van der Waals surface area (Å²) in [5.41, 5.74) is 12.2. The van der Waals surface area contributed by atoms with Crippen LogP contribution in [0, 0.1) is 27.9 Å². The van der Waals surface area contributed by atoms with E-state index >= 15 is 0 Å². The van der Waals surface area contributed by atoms with Crippen molar-refractivity contribution in [1.29, 1.82) is 0 Å². The molecule has 1 aliphatic rings. The lowest BCUT2D eigenvalue weighted by Gasteiger charge is -2.35. The molecule has 1 saturated carbocycles. The fourth-order valence-electron chi connectivity index (χ4n) is 9.51. The molecule has 1 fully saturated rings. The minimum atomic E-state index is -1.14. The van der Waals surface area contributed by atoms with E-state index in [4.69, 9.17) is 9.15 Å². The topological polar surface area (TPSA) is 265 Å². The molecular formula is C75H120N4O13S3. The number of hydrogen-bond acceptors (Lipinski definition) is 13. The largest absolute Gasteiger partial charge is 0.480 e. The number of ether oxygens (including phenoxy) is 1. The number of allylic oxidation sites excluding steroid dienone is 15. The van der Waals surface area contributed by atoms with E-state index in [-0.39, 0.29) is 30.6 Å². The number of amides is 3. The van der Waals surface area contributed by atoms with E-state index in [1.165, 1.54) is 85.4 Å². The number of alkyl carbamates (subject to hydrolysis) is 1. The van der Waals surface area contributed by atoms with E-state index in [9.17, 15) is 54.2 Å². The fraction of sp³-hybridized carbons (Fsp3) is 0.627. The van der Waals surface area contributed by atoms with Gasteiger partial charge >= 0.3 is 24.0 Å². The van der Waals surface area contributed by atoms with Gasteiger partial charge in [0.25, 0.3) is 0 Å². The van der Waals surface area contributed by atoms with Crippen molar-refractivity contribution in [2.75, 3.05) is 41.1 Å². The first kappa shape index (κ1) is 89.0. The summed E-state index contributed by atoms with van der Waals surface area (Å²) in [7, 11) is 0. The molecule has 536 valence electrons. The number of rotatable bonds is 44. The predicted octanol–water partition coefficient (Wildman–Crippen LogP) is 18.1. The standard InChI is InChI=1S/C29H49NO4S.C25H37NO4S.C21H34N2O5S/c1-20(2)10-8-11-22(5)12-9-13-23(6)16-17-35-19-26(28(31)32)30-29(33)34-27-18-25(21(3)4)15-14-24(27)7;1-19(2)8-5-9-20(3)10-6-11-21(4)15-17-31-18-23(25(28)29)26-24(27)14-13-22-12-7-16-30-22;1-16(2)7-5-8-17(3)9-6-10-18(4)12-14-29-15-19(21(25)26)22-20(24)11-13-23(27)28/h10,12,16,21,24-27H,8-9,11,13-15,17-19H2,1-7H3,(H,30,33)(H,31,32);7-8,10,12,15-16,23H,5-6,9,11,13-14,17-18H2,1-4H3,(H,26,27)(H,28,29);7,9,12,19H,5-6,8,10-11,13-15H2,1-4H3,(H,22,24)(H,25,26)/b22-12+,23-16+;20-10+,21-15+;17-9+,18-12+/t24-,25?,26-,27?;23-;19-/m000/s1. The lowest BCUT2D eigenvalue weighted by molar-refractivity contribution is -0.478. The Kier molecular flexibility index (Phi) is 50.7. The number of aliphatic carboxylic acids is 3. The second-order valence-corrected chi connectivity index (χ2v) is 29.3. The third-order valence-corrected chi connectivity index (χ3v) is 18.7. The molecule has 6 atom stereocenters. The number of carboxylic acid groups (broad SMARTS) is 3. The number of nitro groups is 1. The summed E-state index contributed by atoms with van der Waals surface area (Å²) in [6.45, 7) is 31.5. The van der Waals surface area contributed by atoms with Crippen LogP contribution in [0.2, 0.25) is 0 Å². The van der Waals surface area contributed by atoms with Crippen LogP contribution in [0.1, 0.15) is 219 Å². The van der Waals surface area contributed by atoms with Crippen LogP contribution in [-0.2, 0) is 35.1 Å². The first-order valence-corrected chi connectivity index (χ1v) is 37.3. The van der Waals surface area contributed by atoms with Gasteiger partial charge < -0.3 is 40.4 Å². The third kappa shape index (κ3) is 51.0. The molecule has 1 aromatic heterocycles. The van der Waals surface area contributed by atoms with Gasteiger partial charge in [-0.25, -0.2) is 19.2 Å². The number of aryl methyl sites for hydroxylation is 1. The van der Waals surface area contributed by atoms with E-state index in [2.05, 4.69) is 174 Å². The molecule has 6 N–H and O–H groups in total. The molecule has 3 amide bonds. The number of hydrogen-bond donors (Lipinski definition) is 6. The molecule has 1 aliphatic carbocycles. The molecule has 0 radical (unpaired) electrons. The summed E-state index contributed by atoms with van der Waals surface area (Å²) < 4.78 is 10.9. The van der Waals surface area contributed by atoms with Crippen LogP contribution in [0.25, 0.3) is 0 Å². The Morgan fingerprint density at radius 2 is 0.905 bits per heavy atom. The average Bonchev–Trinajstić information content (AvgIpc) is 1.24. The zero-order chi connectivity index (χ0) is 71.7. The monoisotopic (exact) mass is 1380 g/mol. The summed E-state index contributed by atoms with van der Waals surface area (Å²) >= 11 is 4.44. The maximum Gasteiger partial charge on any atom is 0.408 e. The minimum Gasteiger partial charge on any atom is -0.480 e. The summed E-state index contributed by atoms with van der Waals surface area (Å²) in [5.74, 6) is 1.05. The fourth-order valence-corrected chi connectivity index (χ4v) is 12.5. The van der Waals surface area contributed by atoms with Gasteiger partial charge in [-0.1, -0.05) is 126 Å². The SMILES string of the molecule is CC(C)=CCC/C(C)=C/CC/C(C)=C/CSC[C@H](NC(=O)CC[N+](=O)[O-])C(=O)O.CC(C)=CCC/C(C)=C/CC/C(C)=C/CSC[C@H](NC(=O)CCc1ccco1)C(=O)O.CC(C)=CCC/C(C)=C/CC/C(C)=C/CSC[C@H](NC(=O)OC1CC(C(C)C)CC[C@@H]1C)C(=O)O. The summed E-state index contributed by atoms with van der Waals surface area (Å²) in [4.78, 5) is 80.0. The second-order valence-electron chi connectivity index (χ2n) is 26.1. The molecule has 20 heteroatoms. The van der Waals surface area contributed by atoms with Crippen molar-refractivity contribution >= 4 is 71.1 Å². The highest BCUT2D eigenvalue weighted by molar-refractivity contribution is 7.99. The number of carboxylic acids is 3. The van der Waals surface area contributed by atoms with Crippen LogP contribution < -0.4 is 16.0 Å². The van der Waals surface area contributed by atoms with Crippen LogP contribution in [0.15, 0.2) is 128 Å². The van der Waals surface area contributed by atoms with E-state index in [1.54, 1.807) is 18.4 Å². The van der Waals surface area contributed by atoms with Crippen molar-refractivity contribution in [2.24, 2.45) is 17.8 Å². The quantitative estimate of drug-likeness (QED) is 0.0153. The molecule has 0 aromatic carbocycles. The molecule has 2 rings (SSSR count). The Morgan fingerprint density at radius 3 is 1.24 bits per heavy atom. The summed E-state index contributed by atoms with van der Waals surface area (Å²) in [6.07, 6.45) is 36.8. The number of carbonyl (C=O) groups is 6. The number of furan rings is 1. The van der Waals surface area contributed by atoms with Crippen LogP contribution in [0.5, 0.6) is 0 Å². The van der Waals surface area contributed by atoms with Crippen molar-refractivity contribution in [3.63, 3.8) is 0 Å². The molecule has 1 heterocycles. The highest BCUT2D eigenvalue weighted by Gasteiger charge is 2.33. The molecule has 0 saturated heterocycles. The first-order chi connectivity index (χ1) is 44.9. The molecule has 17 nitrogen and oxygen atoms in total. The smallest absolute Gasteiger partial charge is 0.408 e. The van der Waals surface area contributed by atoms with E-state index in [0.717, 1.165) is 114 Å². The Balaban J connectivity index is 0.00000140. The predicted molar refractivity (Wildman–Crippen MR) is 397 cm³/mol. The molecule has 0 aliphatic heterocycles. The lowest BCUT2D eigenvalue weighted by Crippen LogP contribution is -2.45. The van der Waals surface area contributed by atoms with Crippen LogP contribution in [0.4, 0.5) is 4.79 Å². The summed E-state index contributed by atoms with van der Waals surface area (Å²) in [6, 6.07) is 0.692. The van der Waals surface area contributed by atoms with Gasteiger partial charge in [0.15, 0.2) is 0 Å². The van der Waals surface area contributed by atoms with E-state index in [0.29, 0.717) is 41.4 Å². The van der Waals surface area contributed by atoms with Gasteiger partial charge in [0.2, 0.25) is 18.4 Å². The van der Waals surface area contributed by atoms with Gasteiger partial charge in [0, 0.05) is 52.3 Å². The number of nitrogens with zero attached hydrogens (tertiary/aromatic N) is 1.